The summed E-state index contributed by atoms with van der Waals surface area (Å²) in [6, 6.07) is 9.32. The molecule has 112 valence electrons. The zero-order valence-corrected chi connectivity index (χ0v) is 12.7. The number of hydrogen-bond acceptors (Lipinski definition) is 3. The lowest BCUT2D eigenvalue weighted by Gasteiger charge is -2.21. The number of benzene rings is 1. The molecule has 0 aromatic heterocycles. The summed E-state index contributed by atoms with van der Waals surface area (Å²) < 4.78 is 10.7. The zero-order valence-electron chi connectivity index (χ0n) is 12.7. The van der Waals surface area contributed by atoms with E-state index in [1.165, 1.54) is 17.5 Å². The van der Waals surface area contributed by atoms with E-state index in [1.807, 2.05) is 0 Å². The van der Waals surface area contributed by atoms with Gasteiger partial charge in [-0.05, 0) is 42.9 Å². The van der Waals surface area contributed by atoms with E-state index in [9.17, 15) is 0 Å². The Morgan fingerprint density at radius 1 is 1.20 bits per heavy atom. The van der Waals surface area contributed by atoms with Crippen LogP contribution in [0.2, 0.25) is 0 Å². The molecule has 1 aliphatic rings. The fourth-order valence-electron chi connectivity index (χ4n) is 3.09. The molecule has 1 N–H and O–H groups in total. The van der Waals surface area contributed by atoms with Gasteiger partial charge < -0.3 is 14.8 Å². The topological polar surface area (TPSA) is 30.5 Å². The average Bonchev–Trinajstić information content (AvgIpc) is 2.81. The van der Waals surface area contributed by atoms with Crippen LogP contribution in [0.1, 0.15) is 36.9 Å². The molecular weight excluding hydrogens is 250 g/mol. The summed E-state index contributed by atoms with van der Waals surface area (Å²) in [4.78, 5) is 0. The summed E-state index contributed by atoms with van der Waals surface area (Å²) in [5.74, 6) is 0.662. The summed E-state index contributed by atoms with van der Waals surface area (Å²) >= 11 is 0. The first kappa shape index (κ1) is 15.5. The number of fused-ring (bicyclic) bond motifs is 1. The van der Waals surface area contributed by atoms with Crippen molar-refractivity contribution >= 4 is 0 Å². The molecule has 0 saturated heterocycles. The molecule has 0 fully saturated rings. The molecule has 3 heteroatoms. The molecule has 0 aliphatic heterocycles. The maximum absolute atomic E-state index is 5.72. The van der Waals surface area contributed by atoms with E-state index in [4.69, 9.17) is 9.47 Å². The van der Waals surface area contributed by atoms with Crippen molar-refractivity contribution in [2.45, 2.75) is 32.2 Å². The SMILES string of the molecule is CCNC1c2ccccc2CC1CCOCCCOC. The van der Waals surface area contributed by atoms with E-state index in [2.05, 4.69) is 36.5 Å². The van der Waals surface area contributed by atoms with E-state index < -0.39 is 0 Å². The Morgan fingerprint density at radius 2 is 2.05 bits per heavy atom. The van der Waals surface area contributed by atoms with Crippen molar-refractivity contribution in [3.05, 3.63) is 35.4 Å². The molecule has 0 amide bonds. The third-order valence-corrected chi connectivity index (χ3v) is 4.04. The summed E-state index contributed by atoms with van der Waals surface area (Å²) in [5, 5.41) is 3.64. The summed E-state index contributed by atoms with van der Waals surface area (Å²) in [6.45, 7) is 5.64. The minimum atomic E-state index is 0.499. The van der Waals surface area contributed by atoms with Gasteiger partial charge in [0.2, 0.25) is 0 Å². The van der Waals surface area contributed by atoms with Crippen molar-refractivity contribution in [2.24, 2.45) is 5.92 Å². The van der Waals surface area contributed by atoms with Gasteiger partial charge in [0.15, 0.2) is 0 Å². The van der Waals surface area contributed by atoms with Crippen LogP contribution in [-0.2, 0) is 15.9 Å². The molecule has 2 rings (SSSR count). The Balaban J connectivity index is 1.80. The normalized spacial score (nSPS) is 21.1. The maximum Gasteiger partial charge on any atom is 0.0487 e. The first-order chi connectivity index (χ1) is 9.86. The van der Waals surface area contributed by atoms with Gasteiger partial charge in [-0.3, -0.25) is 0 Å². The van der Waals surface area contributed by atoms with Gasteiger partial charge in [-0.25, -0.2) is 0 Å². The maximum atomic E-state index is 5.72. The second-order valence-electron chi connectivity index (χ2n) is 5.45. The molecule has 0 radical (unpaired) electrons. The number of nitrogens with one attached hydrogen (secondary N) is 1. The van der Waals surface area contributed by atoms with Gasteiger partial charge in [-0.1, -0.05) is 31.2 Å². The van der Waals surface area contributed by atoms with Crippen LogP contribution in [0.3, 0.4) is 0 Å². The summed E-state index contributed by atoms with van der Waals surface area (Å²) in [6.07, 6.45) is 3.28. The van der Waals surface area contributed by atoms with Gasteiger partial charge in [-0.2, -0.15) is 0 Å². The van der Waals surface area contributed by atoms with Gasteiger partial charge in [0.1, 0.15) is 0 Å². The van der Waals surface area contributed by atoms with Crippen molar-refractivity contribution in [1.29, 1.82) is 0 Å². The molecule has 0 spiro atoms. The van der Waals surface area contributed by atoms with E-state index in [0.29, 0.717) is 12.0 Å². The first-order valence-electron chi connectivity index (χ1n) is 7.74. The third-order valence-electron chi connectivity index (χ3n) is 4.04. The minimum Gasteiger partial charge on any atom is -0.385 e. The Kier molecular flexibility index (Phi) is 6.51. The third kappa shape index (κ3) is 4.05. The average molecular weight is 277 g/mol. The fourth-order valence-corrected chi connectivity index (χ4v) is 3.09. The lowest BCUT2D eigenvalue weighted by Crippen LogP contribution is -2.26. The second-order valence-corrected chi connectivity index (χ2v) is 5.45. The summed E-state index contributed by atoms with van der Waals surface area (Å²) in [7, 11) is 1.73. The summed E-state index contributed by atoms with van der Waals surface area (Å²) in [5.41, 5.74) is 2.99. The molecule has 0 saturated carbocycles. The zero-order chi connectivity index (χ0) is 14.2. The molecule has 2 atom stereocenters. The Morgan fingerprint density at radius 3 is 2.85 bits per heavy atom. The molecule has 3 nitrogen and oxygen atoms in total. The Hall–Kier alpha value is -0.900. The predicted octanol–water partition coefficient (Wildman–Crippen LogP) is 2.95. The lowest BCUT2D eigenvalue weighted by atomic mass is 9.97. The Labute approximate surface area is 122 Å². The highest BCUT2D eigenvalue weighted by molar-refractivity contribution is 5.35. The predicted molar refractivity (Wildman–Crippen MR) is 82.0 cm³/mol. The second kappa shape index (κ2) is 8.40. The van der Waals surface area contributed by atoms with Crippen molar-refractivity contribution in [1.82, 2.24) is 5.32 Å². The fraction of sp³-hybridized carbons (Fsp3) is 0.647. The van der Waals surface area contributed by atoms with Crippen molar-refractivity contribution in [2.75, 3.05) is 33.5 Å². The molecule has 2 unspecified atom stereocenters. The highest BCUT2D eigenvalue weighted by atomic mass is 16.5. The van der Waals surface area contributed by atoms with Gasteiger partial charge >= 0.3 is 0 Å². The van der Waals surface area contributed by atoms with Crippen LogP contribution in [0.4, 0.5) is 0 Å². The van der Waals surface area contributed by atoms with Crippen LogP contribution in [-0.4, -0.2) is 33.5 Å². The molecule has 0 bridgehead atoms. The molecule has 1 aromatic carbocycles. The monoisotopic (exact) mass is 277 g/mol. The quantitative estimate of drug-likeness (QED) is 0.704. The smallest absolute Gasteiger partial charge is 0.0487 e. The van der Waals surface area contributed by atoms with Crippen molar-refractivity contribution in [3.8, 4) is 0 Å². The highest BCUT2D eigenvalue weighted by Crippen LogP contribution is 2.37. The molecule has 20 heavy (non-hydrogen) atoms. The molecule has 0 heterocycles. The lowest BCUT2D eigenvalue weighted by molar-refractivity contribution is 0.0911. The molecule has 1 aliphatic carbocycles. The van der Waals surface area contributed by atoms with E-state index in [-0.39, 0.29) is 0 Å². The van der Waals surface area contributed by atoms with Gasteiger partial charge in [0, 0.05) is 33.0 Å². The number of rotatable bonds is 9. The van der Waals surface area contributed by atoms with E-state index in [1.54, 1.807) is 7.11 Å². The van der Waals surface area contributed by atoms with Crippen LogP contribution in [0.5, 0.6) is 0 Å². The standard InChI is InChI=1S/C17H27NO2/c1-3-18-17-15(9-12-20-11-6-10-19-2)13-14-7-4-5-8-16(14)17/h4-5,7-8,15,17-18H,3,6,9-13H2,1-2H3. The van der Waals surface area contributed by atoms with Crippen LogP contribution in [0.15, 0.2) is 24.3 Å². The molecule has 1 aromatic rings. The van der Waals surface area contributed by atoms with Gasteiger partial charge in [-0.15, -0.1) is 0 Å². The van der Waals surface area contributed by atoms with E-state index >= 15 is 0 Å². The van der Waals surface area contributed by atoms with Crippen LogP contribution in [0.25, 0.3) is 0 Å². The van der Waals surface area contributed by atoms with Crippen LogP contribution in [0, 0.1) is 5.92 Å². The van der Waals surface area contributed by atoms with Crippen LogP contribution < -0.4 is 5.32 Å². The van der Waals surface area contributed by atoms with Crippen molar-refractivity contribution in [3.63, 3.8) is 0 Å². The van der Waals surface area contributed by atoms with Gasteiger partial charge in [0.05, 0.1) is 0 Å². The number of ether oxygens (including phenoxy) is 2. The van der Waals surface area contributed by atoms with Crippen LogP contribution >= 0.6 is 0 Å². The minimum absolute atomic E-state index is 0.499. The first-order valence-corrected chi connectivity index (χ1v) is 7.74. The van der Waals surface area contributed by atoms with Crippen molar-refractivity contribution < 1.29 is 9.47 Å². The highest BCUT2D eigenvalue weighted by Gasteiger charge is 2.30. The largest absolute Gasteiger partial charge is 0.385 e. The number of methoxy groups -OCH3 is 1. The van der Waals surface area contributed by atoms with Gasteiger partial charge in [0.25, 0.3) is 0 Å². The Bertz CT molecular complexity index is 394. The number of hydrogen-bond donors (Lipinski definition) is 1. The van der Waals surface area contributed by atoms with E-state index in [0.717, 1.165) is 39.2 Å². The molecular formula is C17H27NO2.